The number of hydrogen-bond donors (Lipinski definition) is 6. The molecule has 3 rings (SSSR count). The largest absolute Gasteiger partial charge is 0.497 e. The van der Waals surface area contributed by atoms with Gasteiger partial charge < -0.3 is 26.4 Å². The summed E-state index contributed by atoms with van der Waals surface area (Å²) in [4.78, 5) is 0. The maximum absolute atomic E-state index is 6.20. The first kappa shape index (κ1) is 26.2. The van der Waals surface area contributed by atoms with Gasteiger partial charge >= 0.3 is 0 Å². The van der Waals surface area contributed by atoms with E-state index in [1.165, 1.54) is 22.6 Å². The van der Waals surface area contributed by atoms with Gasteiger partial charge in [0.05, 0.1) is 39.9 Å². The van der Waals surface area contributed by atoms with Gasteiger partial charge in [-0.15, -0.1) is 0 Å². The van der Waals surface area contributed by atoms with Gasteiger partial charge in [0.25, 0.3) is 5.82 Å². The Balaban J connectivity index is 1.36. The number of imidazole rings is 1. The summed E-state index contributed by atoms with van der Waals surface area (Å²) < 4.78 is 9.62. The highest BCUT2D eigenvalue weighted by atomic mass is 16.5. The SMILES string of the molecule is CC=C(C=CC1CC(NCNC(C)NCC=C(N)Nc2ccc3c(c2)n(C)c(C)[n+]3C)=CN1)OC. The number of nitrogens with zero attached hydrogens (tertiary/aromatic N) is 2. The van der Waals surface area contributed by atoms with E-state index in [2.05, 4.69) is 87.9 Å². The molecular formula is C26H41N8O+. The Morgan fingerprint density at radius 1 is 1.37 bits per heavy atom. The molecule has 2 aromatic rings. The van der Waals surface area contributed by atoms with Gasteiger partial charge in [0.1, 0.15) is 5.76 Å². The van der Waals surface area contributed by atoms with Crippen molar-refractivity contribution in [3.63, 3.8) is 0 Å². The Labute approximate surface area is 208 Å². The third-order valence-corrected chi connectivity index (χ3v) is 6.35. The minimum atomic E-state index is 0.124. The number of nitrogens with two attached hydrogens (primary N) is 1. The number of nitrogens with one attached hydrogen (secondary N) is 5. The fourth-order valence-electron chi connectivity index (χ4n) is 3.98. The van der Waals surface area contributed by atoms with E-state index in [1.54, 1.807) is 7.11 Å². The first-order valence-corrected chi connectivity index (χ1v) is 12.0. The maximum Gasteiger partial charge on any atom is 0.253 e. The predicted octanol–water partition coefficient (Wildman–Crippen LogP) is 1.91. The highest BCUT2D eigenvalue weighted by Crippen LogP contribution is 2.18. The summed E-state index contributed by atoms with van der Waals surface area (Å²) >= 11 is 0. The number of aromatic nitrogens is 2. The third kappa shape index (κ3) is 7.03. The molecule has 35 heavy (non-hydrogen) atoms. The van der Waals surface area contributed by atoms with Gasteiger partial charge in [0, 0.05) is 49.6 Å². The van der Waals surface area contributed by atoms with Crippen molar-refractivity contribution < 1.29 is 9.30 Å². The molecule has 9 nitrogen and oxygen atoms in total. The maximum atomic E-state index is 6.20. The summed E-state index contributed by atoms with van der Waals surface area (Å²) in [5, 5.41) is 16.9. The standard InChI is InChI=1S/C26H41N8O/c1-7-23(35-6)10-8-20-14-22(16-29-20)31-17-30-18(2)28-13-12-26(27)32-21-9-11-24-25(15-21)34(5)19(3)33(24)4/h7-12,15-16,18,20,28-32H,13-14,17,27H2,1-6H3/q+1. The molecule has 0 spiro atoms. The lowest BCUT2D eigenvalue weighted by molar-refractivity contribution is -0.652. The highest BCUT2D eigenvalue weighted by Gasteiger charge is 2.16. The molecule has 1 aromatic carbocycles. The number of methoxy groups -OCH3 is 1. The zero-order valence-corrected chi connectivity index (χ0v) is 21.8. The van der Waals surface area contributed by atoms with Crippen LogP contribution in [0.2, 0.25) is 0 Å². The molecule has 2 unspecified atom stereocenters. The predicted molar refractivity (Wildman–Crippen MR) is 143 cm³/mol. The van der Waals surface area contributed by atoms with E-state index in [-0.39, 0.29) is 12.2 Å². The van der Waals surface area contributed by atoms with Crippen molar-refractivity contribution in [3.05, 3.63) is 71.8 Å². The van der Waals surface area contributed by atoms with Crippen molar-refractivity contribution in [2.75, 3.05) is 25.6 Å². The topological polar surface area (TPSA) is 104 Å². The zero-order chi connectivity index (χ0) is 25.4. The summed E-state index contributed by atoms with van der Waals surface area (Å²) in [5.41, 5.74) is 10.7. The molecule has 2 heterocycles. The third-order valence-electron chi connectivity index (χ3n) is 6.35. The average Bonchev–Trinajstić information content (AvgIpc) is 3.38. The number of fused-ring (bicyclic) bond motifs is 1. The molecule has 2 atom stereocenters. The van der Waals surface area contributed by atoms with Crippen LogP contribution in [0.1, 0.15) is 26.1 Å². The number of benzene rings is 1. The fourth-order valence-corrected chi connectivity index (χ4v) is 3.98. The molecule has 190 valence electrons. The van der Waals surface area contributed by atoms with Crippen LogP contribution in [-0.2, 0) is 18.8 Å². The fraction of sp³-hybridized carbons (Fsp3) is 0.423. The van der Waals surface area contributed by atoms with E-state index in [0.29, 0.717) is 19.0 Å². The van der Waals surface area contributed by atoms with E-state index in [4.69, 9.17) is 10.5 Å². The van der Waals surface area contributed by atoms with Gasteiger partial charge in [-0.2, -0.15) is 0 Å². The molecule has 0 fully saturated rings. The molecule has 0 bridgehead atoms. The first-order chi connectivity index (χ1) is 16.8. The Kier molecular flexibility index (Phi) is 9.22. The number of aryl methyl sites for hydroxylation is 2. The van der Waals surface area contributed by atoms with Crippen LogP contribution in [0, 0.1) is 6.92 Å². The molecule has 0 saturated heterocycles. The molecule has 9 heteroatoms. The van der Waals surface area contributed by atoms with Gasteiger partial charge in [-0.1, -0.05) is 6.08 Å². The zero-order valence-electron chi connectivity index (χ0n) is 21.8. The van der Waals surface area contributed by atoms with Gasteiger partial charge in [-0.05, 0) is 44.2 Å². The number of allylic oxidation sites excluding steroid dienone is 2. The van der Waals surface area contributed by atoms with Crippen LogP contribution in [-0.4, -0.2) is 37.1 Å². The number of ether oxygens (including phenoxy) is 1. The van der Waals surface area contributed by atoms with Crippen LogP contribution in [0.5, 0.6) is 0 Å². The Bertz CT molecular complexity index is 1130. The molecule has 1 aromatic heterocycles. The van der Waals surface area contributed by atoms with Crippen molar-refractivity contribution in [3.8, 4) is 0 Å². The molecule has 0 radical (unpaired) electrons. The van der Waals surface area contributed by atoms with E-state index < -0.39 is 0 Å². The Hall–Kier alpha value is -3.43. The lowest BCUT2D eigenvalue weighted by atomic mass is 10.2. The second-order valence-electron chi connectivity index (χ2n) is 8.74. The minimum Gasteiger partial charge on any atom is -0.497 e. The highest BCUT2D eigenvalue weighted by molar-refractivity contribution is 5.77. The molecule has 7 N–H and O–H groups in total. The summed E-state index contributed by atoms with van der Waals surface area (Å²) in [6.45, 7) is 7.47. The molecular weight excluding hydrogens is 440 g/mol. The van der Waals surface area contributed by atoms with Crippen LogP contribution >= 0.6 is 0 Å². The van der Waals surface area contributed by atoms with Crippen LogP contribution in [0.15, 0.2) is 66.0 Å². The summed E-state index contributed by atoms with van der Waals surface area (Å²) in [7, 11) is 5.83. The second kappa shape index (κ2) is 12.3. The Morgan fingerprint density at radius 3 is 2.91 bits per heavy atom. The van der Waals surface area contributed by atoms with E-state index in [9.17, 15) is 0 Å². The van der Waals surface area contributed by atoms with Crippen molar-refractivity contribution in [2.24, 2.45) is 19.8 Å². The van der Waals surface area contributed by atoms with Crippen molar-refractivity contribution in [2.45, 2.75) is 39.4 Å². The van der Waals surface area contributed by atoms with Gasteiger partial charge in [-0.3, -0.25) is 10.6 Å². The van der Waals surface area contributed by atoms with Crippen molar-refractivity contribution in [1.29, 1.82) is 0 Å². The lowest BCUT2D eigenvalue weighted by Gasteiger charge is -2.16. The minimum absolute atomic E-state index is 0.124. The van der Waals surface area contributed by atoms with Gasteiger partial charge in [0.15, 0.2) is 11.0 Å². The van der Waals surface area contributed by atoms with Crippen LogP contribution in [0.3, 0.4) is 0 Å². The molecule has 1 aliphatic heterocycles. The second-order valence-corrected chi connectivity index (χ2v) is 8.74. The van der Waals surface area contributed by atoms with Crippen molar-refractivity contribution >= 4 is 16.7 Å². The quantitative estimate of drug-likeness (QED) is 0.119. The van der Waals surface area contributed by atoms with Gasteiger partial charge in [-0.25, -0.2) is 9.13 Å². The van der Waals surface area contributed by atoms with E-state index in [0.717, 1.165) is 17.9 Å². The van der Waals surface area contributed by atoms with Crippen molar-refractivity contribution in [1.82, 2.24) is 25.8 Å². The summed E-state index contributed by atoms with van der Waals surface area (Å²) in [6, 6.07) is 6.56. The first-order valence-electron chi connectivity index (χ1n) is 12.0. The van der Waals surface area contributed by atoms with E-state index in [1.807, 2.05) is 31.4 Å². The number of hydrogen-bond acceptors (Lipinski definition) is 7. The summed E-state index contributed by atoms with van der Waals surface area (Å²) in [6.07, 6.45) is 11.1. The average molecular weight is 482 g/mol. The van der Waals surface area contributed by atoms with Crippen LogP contribution in [0.4, 0.5) is 5.69 Å². The smallest absolute Gasteiger partial charge is 0.253 e. The van der Waals surface area contributed by atoms with E-state index >= 15 is 0 Å². The Morgan fingerprint density at radius 2 is 2.17 bits per heavy atom. The number of anilines is 1. The molecule has 1 aliphatic rings. The molecule has 0 aliphatic carbocycles. The number of rotatable bonds is 12. The lowest BCUT2D eigenvalue weighted by Crippen LogP contribution is -2.44. The summed E-state index contributed by atoms with van der Waals surface area (Å²) in [5.74, 6) is 2.68. The van der Waals surface area contributed by atoms with Gasteiger partial charge in [0.2, 0.25) is 0 Å². The molecule has 0 saturated carbocycles. The van der Waals surface area contributed by atoms with Crippen LogP contribution in [0.25, 0.3) is 11.0 Å². The molecule has 0 amide bonds. The normalized spacial score (nSPS) is 17.5. The van der Waals surface area contributed by atoms with Crippen LogP contribution < -0.4 is 36.9 Å². The monoisotopic (exact) mass is 481 g/mol.